The van der Waals surface area contributed by atoms with Gasteiger partial charge in [-0.1, -0.05) is 32.0 Å². The van der Waals surface area contributed by atoms with Gasteiger partial charge in [0.05, 0.1) is 23.5 Å². The number of benzene rings is 1. The van der Waals surface area contributed by atoms with Crippen LogP contribution < -0.4 is 16.2 Å². The van der Waals surface area contributed by atoms with Crippen molar-refractivity contribution in [2.45, 2.75) is 19.9 Å². The molecule has 1 heterocycles. The molecule has 8 heteroatoms. The van der Waals surface area contributed by atoms with E-state index in [0.29, 0.717) is 12.1 Å². The topological polar surface area (TPSA) is 87.3 Å². The number of amides is 1. The lowest BCUT2D eigenvalue weighted by Gasteiger charge is -2.19. The normalized spacial score (nSPS) is 21.2. The first-order valence-electron chi connectivity index (χ1n) is 8.01. The van der Waals surface area contributed by atoms with E-state index in [1.54, 1.807) is 18.2 Å². The Balaban J connectivity index is 1.93. The van der Waals surface area contributed by atoms with Crippen LogP contribution in [0.5, 0.6) is 0 Å². The number of nitrogens with one attached hydrogen (secondary N) is 3. The number of rotatable bonds is 7. The Morgan fingerprint density at radius 2 is 2.08 bits per heavy atom. The van der Waals surface area contributed by atoms with Crippen LogP contribution >= 0.6 is 0 Å². The van der Waals surface area contributed by atoms with Crippen molar-refractivity contribution in [2.24, 2.45) is 11.8 Å². The van der Waals surface area contributed by atoms with Gasteiger partial charge in [-0.3, -0.25) is 10.2 Å². The van der Waals surface area contributed by atoms with Gasteiger partial charge >= 0.3 is 0 Å². The molecule has 0 bridgehead atoms. The van der Waals surface area contributed by atoms with Gasteiger partial charge in [0.2, 0.25) is 5.91 Å². The Morgan fingerprint density at radius 3 is 2.75 bits per heavy atom. The van der Waals surface area contributed by atoms with Gasteiger partial charge in [0, 0.05) is 18.7 Å². The van der Waals surface area contributed by atoms with Crippen LogP contribution in [0.15, 0.2) is 24.3 Å². The third-order valence-corrected chi connectivity index (χ3v) is 5.86. The van der Waals surface area contributed by atoms with E-state index in [0.717, 1.165) is 0 Å². The molecule has 2 unspecified atom stereocenters. The van der Waals surface area contributed by atoms with Gasteiger partial charge < -0.3 is 5.32 Å². The third-order valence-electron chi connectivity index (χ3n) is 3.86. The first-order chi connectivity index (χ1) is 11.3. The lowest BCUT2D eigenvalue weighted by Crippen LogP contribution is -2.38. The lowest BCUT2D eigenvalue weighted by atomic mass is 9.94. The van der Waals surface area contributed by atoms with Crippen molar-refractivity contribution in [2.75, 3.05) is 24.6 Å². The van der Waals surface area contributed by atoms with Crippen molar-refractivity contribution in [3.8, 4) is 0 Å². The van der Waals surface area contributed by atoms with Crippen molar-refractivity contribution in [3.63, 3.8) is 0 Å². The first-order valence-corrected chi connectivity index (χ1v) is 9.83. The zero-order valence-corrected chi connectivity index (χ0v) is 14.7. The number of hydrogen-bond acceptors (Lipinski definition) is 5. The zero-order chi connectivity index (χ0) is 17.7. The van der Waals surface area contributed by atoms with Gasteiger partial charge in [-0.25, -0.2) is 18.2 Å². The van der Waals surface area contributed by atoms with Crippen LogP contribution in [0.2, 0.25) is 0 Å². The van der Waals surface area contributed by atoms with Crippen molar-refractivity contribution >= 4 is 15.7 Å². The Bertz CT molecular complexity index is 679. The Labute approximate surface area is 142 Å². The predicted molar refractivity (Wildman–Crippen MR) is 90.3 cm³/mol. The Hall–Kier alpha value is -1.51. The molecule has 0 radical (unpaired) electrons. The van der Waals surface area contributed by atoms with Crippen molar-refractivity contribution in [1.82, 2.24) is 16.2 Å². The first kappa shape index (κ1) is 18.8. The van der Waals surface area contributed by atoms with Gasteiger partial charge in [-0.2, -0.15) is 0 Å². The minimum absolute atomic E-state index is 0.0550. The van der Waals surface area contributed by atoms with Gasteiger partial charge in [0.1, 0.15) is 5.82 Å². The quantitative estimate of drug-likeness (QED) is 0.671. The monoisotopic (exact) mass is 357 g/mol. The number of halogens is 1. The average Bonchev–Trinajstić information content (AvgIpc) is 2.95. The maximum atomic E-state index is 13.9. The van der Waals surface area contributed by atoms with E-state index in [2.05, 4.69) is 16.2 Å². The predicted octanol–water partition coefficient (Wildman–Crippen LogP) is 0.778. The van der Waals surface area contributed by atoms with Crippen LogP contribution in [0.1, 0.15) is 25.5 Å². The highest BCUT2D eigenvalue weighted by atomic mass is 32.2. The molecule has 1 aromatic rings. The highest BCUT2D eigenvalue weighted by molar-refractivity contribution is 7.91. The molecular formula is C16H24FN3O3S. The van der Waals surface area contributed by atoms with E-state index in [4.69, 9.17) is 0 Å². The fourth-order valence-corrected chi connectivity index (χ4v) is 4.41. The highest BCUT2D eigenvalue weighted by Crippen LogP contribution is 2.26. The second-order valence-corrected chi connectivity index (χ2v) is 8.66. The maximum Gasteiger partial charge on any atom is 0.226 e. The van der Waals surface area contributed by atoms with Crippen molar-refractivity contribution in [1.29, 1.82) is 0 Å². The number of sulfone groups is 1. The smallest absolute Gasteiger partial charge is 0.226 e. The summed E-state index contributed by atoms with van der Waals surface area (Å²) in [7, 11) is -3.18. The summed E-state index contributed by atoms with van der Waals surface area (Å²) in [5.41, 5.74) is 6.19. The van der Waals surface area contributed by atoms with Crippen LogP contribution in [0.4, 0.5) is 4.39 Å². The van der Waals surface area contributed by atoms with Crippen LogP contribution in [0, 0.1) is 17.7 Å². The SMILES string of the molecule is CC(C)CS(=O)(=O)CCNC(=O)C1CNNC1c1ccccc1F. The summed E-state index contributed by atoms with van der Waals surface area (Å²) < 4.78 is 37.6. The molecule has 1 amide bonds. The van der Waals surface area contributed by atoms with E-state index in [1.807, 2.05) is 13.8 Å². The van der Waals surface area contributed by atoms with Crippen LogP contribution in [0.3, 0.4) is 0 Å². The van der Waals surface area contributed by atoms with Crippen LogP contribution in [-0.2, 0) is 14.6 Å². The molecule has 134 valence electrons. The average molecular weight is 357 g/mol. The van der Waals surface area contributed by atoms with Gasteiger partial charge in [-0.15, -0.1) is 0 Å². The summed E-state index contributed by atoms with van der Waals surface area (Å²) >= 11 is 0. The highest BCUT2D eigenvalue weighted by Gasteiger charge is 2.35. The molecule has 0 aromatic heterocycles. The summed E-state index contributed by atoms with van der Waals surface area (Å²) in [5.74, 6) is -1.10. The number of hydrogen-bond donors (Lipinski definition) is 3. The van der Waals surface area contributed by atoms with E-state index >= 15 is 0 Å². The second kappa shape index (κ2) is 8.04. The van der Waals surface area contributed by atoms with Gasteiger partial charge in [-0.05, 0) is 12.0 Å². The molecule has 1 aliphatic heterocycles. The molecule has 2 rings (SSSR count). The van der Waals surface area contributed by atoms with Crippen molar-refractivity contribution < 1.29 is 17.6 Å². The Kier molecular flexibility index (Phi) is 6.31. The molecule has 1 fully saturated rings. The van der Waals surface area contributed by atoms with Crippen molar-refractivity contribution in [3.05, 3.63) is 35.6 Å². The molecule has 1 aliphatic rings. The van der Waals surface area contributed by atoms with E-state index in [1.165, 1.54) is 6.07 Å². The summed E-state index contributed by atoms with van der Waals surface area (Å²) in [5, 5.41) is 2.65. The molecule has 24 heavy (non-hydrogen) atoms. The minimum Gasteiger partial charge on any atom is -0.355 e. The number of carbonyl (C=O) groups excluding carboxylic acids is 1. The molecule has 0 saturated carbocycles. The molecule has 3 N–H and O–H groups in total. The molecule has 0 spiro atoms. The summed E-state index contributed by atoms with van der Waals surface area (Å²) in [6.07, 6.45) is 0. The van der Waals surface area contributed by atoms with E-state index in [9.17, 15) is 17.6 Å². The van der Waals surface area contributed by atoms with Gasteiger partial charge in [0.15, 0.2) is 9.84 Å². The molecule has 1 saturated heterocycles. The molecule has 2 atom stereocenters. The fourth-order valence-electron chi connectivity index (χ4n) is 2.82. The lowest BCUT2D eigenvalue weighted by molar-refractivity contribution is -0.124. The molecule has 0 aliphatic carbocycles. The van der Waals surface area contributed by atoms with E-state index in [-0.39, 0.29) is 35.7 Å². The molecular weight excluding hydrogens is 333 g/mol. The Morgan fingerprint density at radius 1 is 1.38 bits per heavy atom. The number of carbonyl (C=O) groups is 1. The van der Waals surface area contributed by atoms with Gasteiger partial charge in [0.25, 0.3) is 0 Å². The fraction of sp³-hybridized carbons (Fsp3) is 0.562. The third kappa shape index (κ3) is 4.99. The van der Waals surface area contributed by atoms with Crippen LogP contribution in [-0.4, -0.2) is 38.9 Å². The zero-order valence-electron chi connectivity index (χ0n) is 13.9. The summed E-state index contributed by atoms with van der Waals surface area (Å²) in [6, 6.07) is 5.80. The summed E-state index contributed by atoms with van der Waals surface area (Å²) in [6.45, 7) is 4.09. The summed E-state index contributed by atoms with van der Waals surface area (Å²) in [4.78, 5) is 12.3. The number of hydrazine groups is 1. The second-order valence-electron chi connectivity index (χ2n) is 6.43. The standard InChI is InChI=1S/C16H24FN3O3S/c1-11(2)10-24(22,23)8-7-18-16(21)13-9-19-20-15(13)12-5-3-4-6-14(12)17/h3-6,11,13,15,19-20H,7-10H2,1-2H3,(H,18,21). The molecule has 6 nitrogen and oxygen atoms in total. The minimum atomic E-state index is -3.18. The maximum absolute atomic E-state index is 13.9. The molecule has 1 aromatic carbocycles. The van der Waals surface area contributed by atoms with E-state index < -0.39 is 21.8 Å². The van der Waals surface area contributed by atoms with Crippen LogP contribution in [0.25, 0.3) is 0 Å². The largest absolute Gasteiger partial charge is 0.355 e.